The summed E-state index contributed by atoms with van der Waals surface area (Å²) in [6.45, 7) is 0. The number of hydrogen-bond donors (Lipinski definition) is 1. The summed E-state index contributed by atoms with van der Waals surface area (Å²) in [5, 5.41) is 11.9. The Hall–Kier alpha value is -2.91. The molecule has 1 heterocycles. The van der Waals surface area contributed by atoms with Crippen LogP contribution in [0.15, 0.2) is 84.9 Å². The van der Waals surface area contributed by atoms with E-state index < -0.39 is 5.72 Å². The number of benzene rings is 3. The Balaban J connectivity index is 1.98. The maximum absolute atomic E-state index is 12.7. The van der Waals surface area contributed by atoms with Gasteiger partial charge < -0.3 is 10.0 Å². The first kappa shape index (κ1) is 15.6. The van der Waals surface area contributed by atoms with E-state index >= 15 is 0 Å². The molecule has 0 saturated carbocycles. The van der Waals surface area contributed by atoms with E-state index in [1.165, 1.54) is 4.90 Å². The van der Waals surface area contributed by atoms with Crippen molar-refractivity contribution in [1.82, 2.24) is 4.90 Å². The van der Waals surface area contributed by atoms with Crippen LogP contribution in [0.5, 0.6) is 0 Å². The van der Waals surface area contributed by atoms with Gasteiger partial charge in [0.1, 0.15) is 0 Å². The van der Waals surface area contributed by atoms with Crippen LogP contribution < -0.4 is 0 Å². The van der Waals surface area contributed by atoms with Crippen molar-refractivity contribution in [3.8, 4) is 0 Å². The van der Waals surface area contributed by atoms with Crippen LogP contribution in [0.1, 0.15) is 33.0 Å². The summed E-state index contributed by atoms with van der Waals surface area (Å²) in [5.41, 5.74) is 1.71. The summed E-state index contributed by atoms with van der Waals surface area (Å²) in [5.74, 6) is -0.539. The van der Waals surface area contributed by atoms with Crippen LogP contribution in [0.3, 0.4) is 0 Å². The van der Waals surface area contributed by atoms with Crippen LogP contribution in [0.25, 0.3) is 0 Å². The second kappa shape index (κ2) is 5.87. The Morgan fingerprint density at radius 2 is 1.28 bits per heavy atom. The van der Waals surface area contributed by atoms with Gasteiger partial charge in [-0.15, -0.1) is 0 Å². The van der Waals surface area contributed by atoms with Crippen molar-refractivity contribution < 1.29 is 9.90 Å². The molecule has 1 aliphatic rings. The fourth-order valence-corrected chi connectivity index (χ4v) is 3.80. The molecule has 1 amide bonds. The van der Waals surface area contributed by atoms with Crippen molar-refractivity contribution in [2.75, 3.05) is 7.05 Å². The number of carbonyl (C=O) groups is 1. The summed E-state index contributed by atoms with van der Waals surface area (Å²) >= 11 is 0. The third-order valence-corrected chi connectivity index (χ3v) is 5.04. The SMILES string of the molecule is CN1C(=O)c2ccccc2C1(O)C(c1ccccc1)c1ccccc1. The average Bonchev–Trinajstić information content (AvgIpc) is 2.86. The molecule has 1 N–H and O–H groups in total. The lowest BCUT2D eigenvalue weighted by molar-refractivity contribution is -0.0849. The number of aliphatic hydroxyl groups is 1. The first-order valence-electron chi connectivity index (χ1n) is 8.34. The first-order valence-corrected chi connectivity index (χ1v) is 8.34. The van der Waals surface area contributed by atoms with Gasteiger partial charge >= 0.3 is 0 Å². The van der Waals surface area contributed by atoms with Crippen molar-refractivity contribution in [2.45, 2.75) is 11.6 Å². The van der Waals surface area contributed by atoms with Crippen LogP contribution in [-0.2, 0) is 5.72 Å². The quantitative estimate of drug-likeness (QED) is 0.795. The Morgan fingerprint density at radius 1 is 0.800 bits per heavy atom. The molecule has 1 aliphatic heterocycles. The molecule has 0 fully saturated rings. The van der Waals surface area contributed by atoms with Gasteiger partial charge in [0, 0.05) is 18.2 Å². The van der Waals surface area contributed by atoms with Crippen molar-refractivity contribution in [3.63, 3.8) is 0 Å². The van der Waals surface area contributed by atoms with Gasteiger partial charge in [-0.2, -0.15) is 0 Å². The second-order valence-electron chi connectivity index (χ2n) is 6.39. The normalized spacial score (nSPS) is 19.3. The molecule has 25 heavy (non-hydrogen) atoms. The molecule has 0 radical (unpaired) electrons. The van der Waals surface area contributed by atoms with Gasteiger partial charge in [0.05, 0.1) is 5.92 Å². The molecule has 0 spiro atoms. The number of hydrogen-bond acceptors (Lipinski definition) is 2. The fraction of sp³-hybridized carbons (Fsp3) is 0.136. The third kappa shape index (κ3) is 2.28. The minimum atomic E-state index is -1.43. The lowest BCUT2D eigenvalue weighted by Crippen LogP contribution is -2.46. The molecular formula is C22H19NO2. The molecule has 0 saturated heterocycles. The van der Waals surface area contributed by atoms with Gasteiger partial charge in [0.15, 0.2) is 5.72 Å². The van der Waals surface area contributed by atoms with E-state index in [0.29, 0.717) is 11.1 Å². The lowest BCUT2D eigenvalue weighted by Gasteiger charge is -2.39. The van der Waals surface area contributed by atoms with E-state index in [0.717, 1.165) is 11.1 Å². The largest absolute Gasteiger partial charge is 0.366 e. The van der Waals surface area contributed by atoms with Crippen molar-refractivity contribution >= 4 is 5.91 Å². The minimum absolute atomic E-state index is 0.157. The molecule has 0 bridgehead atoms. The molecule has 124 valence electrons. The van der Waals surface area contributed by atoms with E-state index in [1.54, 1.807) is 13.1 Å². The Bertz CT molecular complexity index is 868. The maximum atomic E-state index is 12.7. The molecule has 1 atom stereocenters. The van der Waals surface area contributed by atoms with Gasteiger partial charge in [0.2, 0.25) is 0 Å². The summed E-state index contributed by atoms with van der Waals surface area (Å²) in [4.78, 5) is 14.2. The van der Waals surface area contributed by atoms with E-state index in [1.807, 2.05) is 78.9 Å². The molecule has 3 heteroatoms. The molecule has 4 rings (SSSR count). The zero-order valence-corrected chi connectivity index (χ0v) is 14.0. The predicted molar refractivity (Wildman–Crippen MR) is 97.2 cm³/mol. The lowest BCUT2D eigenvalue weighted by atomic mass is 9.79. The van der Waals surface area contributed by atoms with Crippen LogP contribution in [0.4, 0.5) is 0 Å². The number of carbonyl (C=O) groups excluding carboxylic acids is 1. The van der Waals surface area contributed by atoms with E-state index in [4.69, 9.17) is 0 Å². The average molecular weight is 329 g/mol. The summed E-state index contributed by atoms with van der Waals surface area (Å²) < 4.78 is 0. The molecule has 3 nitrogen and oxygen atoms in total. The Labute approximate surface area is 147 Å². The highest BCUT2D eigenvalue weighted by molar-refractivity contribution is 5.99. The zero-order valence-electron chi connectivity index (χ0n) is 14.0. The molecule has 0 aromatic heterocycles. The second-order valence-corrected chi connectivity index (χ2v) is 6.39. The van der Waals surface area contributed by atoms with Gasteiger partial charge in [0.25, 0.3) is 5.91 Å². The predicted octanol–water partition coefficient (Wildman–Crippen LogP) is 3.75. The van der Waals surface area contributed by atoms with Crippen LogP contribution in [0.2, 0.25) is 0 Å². The van der Waals surface area contributed by atoms with E-state index in [-0.39, 0.29) is 11.8 Å². The van der Waals surface area contributed by atoms with Gasteiger partial charge in [-0.3, -0.25) is 4.79 Å². The minimum Gasteiger partial charge on any atom is -0.366 e. The Morgan fingerprint density at radius 3 is 1.84 bits per heavy atom. The number of likely N-dealkylation sites (N-methyl/N-ethyl adjacent to an activating group) is 1. The highest BCUT2D eigenvalue weighted by Crippen LogP contribution is 2.48. The van der Waals surface area contributed by atoms with Gasteiger partial charge in [-0.1, -0.05) is 78.9 Å². The monoisotopic (exact) mass is 329 g/mol. The van der Waals surface area contributed by atoms with Crippen LogP contribution in [0, 0.1) is 0 Å². The maximum Gasteiger partial charge on any atom is 0.256 e. The number of nitrogens with zero attached hydrogens (tertiary/aromatic N) is 1. The molecular weight excluding hydrogens is 310 g/mol. The van der Waals surface area contributed by atoms with E-state index in [2.05, 4.69) is 0 Å². The highest BCUT2D eigenvalue weighted by atomic mass is 16.3. The molecule has 1 unspecified atom stereocenters. The van der Waals surface area contributed by atoms with Crippen molar-refractivity contribution in [2.24, 2.45) is 0 Å². The molecule has 0 aliphatic carbocycles. The standard InChI is InChI=1S/C22H19NO2/c1-23-21(24)18-14-8-9-15-19(18)22(23,25)20(16-10-4-2-5-11-16)17-12-6-3-7-13-17/h2-15,20,25H,1H3. The Kier molecular flexibility index (Phi) is 3.66. The topological polar surface area (TPSA) is 40.5 Å². The first-order chi connectivity index (χ1) is 12.1. The fourth-order valence-electron chi connectivity index (χ4n) is 3.80. The summed E-state index contributed by atoms with van der Waals surface area (Å²) in [6.07, 6.45) is 0. The highest BCUT2D eigenvalue weighted by Gasteiger charge is 2.52. The number of amides is 1. The van der Waals surface area contributed by atoms with Gasteiger partial charge in [-0.05, 0) is 17.2 Å². The summed E-state index contributed by atoms with van der Waals surface area (Å²) in [6, 6.07) is 27.0. The van der Waals surface area contributed by atoms with Crippen molar-refractivity contribution in [1.29, 1.82) is 0 Å². The third-order valence-electron chi connectivity index (χ3n) is 5.04. The number of fused-ring (bicyclic) bond motifs is 1. The molecule has 3 aromatic rings. The summed E-state index contributed by atoms with van der Waals surface area (Å²) in [7, 11) is 1.67. The van der Waals surface area contributed by atoms with Crippen LogP contribution >= 0.6 is 0 Å². The zero-order chi connectivity index (χ0) is 17.4. The number of rotatable bonds is 3. The molecule has 3 aromatic carbocycles. The van der Waals surface area contributed by atoms with Crippen molar-refractivity contribution in [3.05, 3.63) is 107 Å². The smallest absolute Gasteiger partial charge is 0.256 e. The van der Waals surface area contributed by atoms with E-state index in [9.17, 15) is 9.90 Å². The van der Waals surface area contributed by atoms with Gasteiger partial charge in [-0.25, -0.2) is 0 Å². The van der Waals surface area contributed by atoms with Crippen LogP contribution in [-0.4, -0.2) is 23.0 Å².